The van der Waals surface area contributed by atoms with Crippen LogP contribution in [-0.2, 0) is 11.2 Å². The zero-order valence-corrected chi connectivity index (χ0v) is 14.3. The second-order valence-corrected chi connectivity index (χ2v) is 6.53. The number of benzene rings is 1. The van der Waals surface area contributed by atoms with Gasteiger partial charge < -0.3 is 15.4 Å². The van der Waals surface area contributed by atoms with E-state index in [4.69, 9.17) is 4.74 Å². The van der Waals surface area contributed by atoms with Crippen molar-refractivity contribution in [1.82, 2.24) is 10.6 Å². The molecule has 124 valence electrons. The SMILES string of the molecule is CCC(Cc1ccccc1)NCCCNC(=O)OC(C)(C)C. The van der Waals surface area contributed by atoms with Gasteiger partial charge in [-0.15, -0.1) is 0 Å². The van der Waals surface area contributed by atoms with E-state index in [2.05, 4.69) is 41.8 Å². The van der Waals surface area contributed by atoms with Gasteiger partial charge in [-0.05, 0) is 52.1 Å². The summed E-state index contributed by atoms with van der Waals surface area (Å²) in [6.07, 6.45) is 2.68. The van der Waals surface area contributed by atoms with E-state index in [9.17, 15) is 4.79 Å². The minimum Gasteiger partial charge on any atom is -0.444 e. The Balaban J connectivity index is 2.16. The Labute approximate surface area is 134 Å². The molecule has 0 aliphatic rings. The molecule has 0 spiro atoms. The van der Waals surface area contributed by atoms with Gasteiger partial charge >= 0.3 is 6.09 Å². The van der Waals surface area contributed by atoms with Crippen LogP contribution in [-0.4, -0.2) is 30.8 Å². The highest BCUT2D eigenvalue weighted by Gasteiger charge is 2.15. The highest BCUT2D eigenvalue weighted by atomic mass is 16.6. The van der Waals surface area contributed by atoms with Gasteiger partial charge in [-0.2, -0.15) is 0 Å². The zero-order valence-electron chi connectivity index (χ0n) is 14.3. The number of carbonyl (C=O) groups excluding carboxylic acids is 1. The summed E-state index contributed by atoms with van der Waals surface area (Å²) in [5.41, 5.74) is 0.916. The van der Waals surface area contributed by atoms with Gasteiger partial charge in [0.25, 0.3) is 0 Å². The predicted octanol–water partition coefficient (Wildman–Crippen LogP) is 3.51. The third kappa shape index (κ3) is 8.67. The zero-order chi connectivity index (χ0) is 16.4. The number of alkyl carbamates (subject to hydrolysis) is 1. The Hall–Kier alpha value is -1.55. The molecule has 1 rings (SSSR count). The first-order chi connectivity index (χ1) is 10.4. The molecule has 1 amide bonds. The van der Waals surface area contributed by atoms with Gasteiger partial charge in [0.2, 0.25) is 0 Å². The average Bonchev–Trinajstić information content (AvgIpc) is 2.45. The first-order valence-corrected chi connectivity index (χ1v) is 8.15. The maximum atomic E-state index is 11.5. The standard InChI is InChI=1S/C18H30N2O2/c1-5-16(14-15-10-7-6-8-11-15)19-12-9-13-20-17(21)22-18(2,3)4/h6-8,10-11,16,19H,5,9,12-14H2,1-4H3,(H,20,21). The van der Waals surface area contributed by atoms with Crippen LogP contribution in [0.2, 0.25) is 0 Å². The minimum atomic E-state index is -0.439. The molecule has 1 aromatic rings. The normalized spacial score (nSPS) is 12.7. The topological polar surface area (TPSA) is 50.4 Å². The average molecular weight is 306 g/mol. The molecule has 0 fully saturated rings. The van der Waals surface area contributed by atoms with E-state index in [1.165, 1.54) is 5.56 Å². The highest BCUT2D eigenvalue weighted by molar-refractivity contribution is 5.67. The fourth-order valence-corrected chi connectivity index (χ4v) is 2.16. The summed E-state index contributed by atoms with van der Waals surface area (Å²) in [7, 11) is 0. The molecule has 22 heavy (non-hydrogen) atoms. The van der Waals surface area contributed by atoms with Crippen LogP contribution in [0.25, 0.3) is 0 Å². The molecule has 1 unspecified atom stereocenters. The molecule has 1 aromatic carbocycles. The lowest BCUT2D eigenvalue weighted by atomic mass is 10.0. The number of hydrogen-bond acceptors (Lipinski definition) is 3. The Morgan fingerprint density at radius 1 is 1.18 bits per heavy atom. The van der Waals surface area contributed by atoms with Crippen LogP contribution >= 0.6 is 0 Å². The quantitative estimate of drug-likeness (QED) is 0.723. The molecule has 4 nitrogen and oxygen atoms in total. The van der Waals surface area contributed by atoms with Gasteiger partial charge in [-0.3, -0.25) is 0 Å². The summed E-state index contributed by atoms with van der Waals surface area (Å²) >= 11 is 0. The Kier molecular flexibility index (Phi) is 7.96. The summed E-state index contributed by atoms with van der Waals surface area (Å²) in [6, 6.07) is 11.0. The molecule has 0 aliphatic heterocycles. The van der Waals surface area contributed by atoms with Crippen molar-refractivity contribution in [1.29, 1.82) is 0 Å². The van der Waals surface area contributed by atoms with Gasteiger partial charge in [-0.25, -0.2) is 4.79 Å². The largest absolute Gasteiger partial charge is 0.444 e. The van der Waals surface area contributed by atoms with Gasteiger partial charge in [0, 0.05) is 12.6 Å². The lowest BCUT2D eigenvalue weighted by Gasteiger charge is -2.20. The molecule has 0 saturated carbocycles. The number of rotatable bonds is 8. The van der Waals surface area contributed by atoms with Crippen molar-refractivity contribution in [3.8, 4) is 0 Å². The molecule has 1 atom stereocenters. The summed E-state index contributed by atoms with van der Waals surface area (Å²) < 4.78 is 5.20. The van der Waals surface area contributed by atoms with Crippen LogP contribution < -0.4 is 10.6 Å². The van der Waals surface area contributed by atoms with Crippen LogP contribution in [0, 0.1) is 0 Å². The van der Waals surface area contributed by atoms with Gasteiger partial charge in [0.1, 0.15) is 5.60 Å². The summed E-state index contributed by atoms with van der Waals surface area (Å²) in [5, 5.41) is 6.33. The molecule has 0 aliphatic carbocycles. The third-order valence-electron chi connectivity index (χ3n) is 3.27. The monoisotopic (exact) mass is 306 g/mol. The number of hydrogen-bond donors (Lipinski definition) is 2. The van der Waals surface area contributed by atoms with E-state index in [1.807, 2.05) is 26.8 Å². The summed E-state index contributed by atoms with van der Waals surface area (Å²) in [4.78, 5) is 11.5. The number of amides is 1. The van der Waals surface area contributed by atoms with Crippen molar-refractivity contribution in [3.63, 3.8) is 0 Å². The van der Waals surface area contributed by atoms with Crippen LogP contribution in [0.5, 0.6) is 0 Å². The molecule has 0 bridgehead atoms. The van der Waals surface area contributed by atoms with Crippen molar-refractivity contribution in [2.24, 2.45) is 0 Å². The Morgan fingerprint density at radius 3 is 2.45 bits per heavy atom. The van der Waals surface area contributed by atoms with Crippen molar-refractivity contribution >= 4 is 6.09 Å². The molecule has 0 radical (unpaired) electrons. The fraction of sp³-hybridized carbons (Fsp3) is 0.611. The highest BCUT2D eigenvalue weighted by Crippen LogP contribution is 2.07. The number of carbonyl (C=O) groups is 1. The summed E-state index contributed by atoms with van der Waals surface area (Å²) in [6.45, 7) is 9.31. The van der Waals surface area contributed by atoms with E-state index < -0.39 is 5.60 Å². The molecule has 0 heterocycles. The molecule has 0 saturated heterocycles. The van der Waals surface area contributed by atoms with Crippen LogP contribution in [0.15, 0.2) is 30.3 Å². The molecular weight excluding hydrogens is 276 g/mol. The second-order valence-electron chi connectivity index (χ2n) is 6.53. The second kappa shape index (κ2) is 9.46. The molecule has 0 aromatic heterocycles. The van der Waals surface area contributed by atoms with Crippen molar-refractivity contribution in [2.75, 3.05) is 13.1 Å². The van der Waals surface area contributed by atoms with E-state index in [-0.39, 0.29) is 6.09 Å². The van der Waals surface area contributed by atoms with Gasteiger partial charge in [0.15, 0.2) is 0 Å². The first kappa shape index (κ1) is 18.5. The fourth-order valence-electron chi connectivity index (χ4n) is 2.16. The van der Waals surface area contributed by atoms with Crippen molar-refractivity contribution in [2.45, 2.75) is 58.6 Å². The smallest absolute Gasteiger partial charge is 0.407 e. The van der Waals surface area contributed by atoms with E-state index >= 15 is 0 Å². The van der Waals surface area contributed by atoms with Crippen LogP contribution in [0.1, 0.15) is 46.1 Å². The molecule has 4 heteroatoms. The molecular formula is C18H30N2O2. The van der Waals surface area contributed by atoms with Crippen LogP contribution in [0.3, 0.4) is 0 Å². The maximum Gasteiger partial charge on any atom is 0.407 e. The third-order valence-corrected chi connectivity index (χ3v) is 3.27. The molecule has 2 N–H and O–H groups in total. The van der Waals surface area contributed by atoms with E-state index in [0.29, 0.717) is 12.6 Å². The lowest BCUT2D eigenvalue weighted by Crippen LogP contribution is -2.36. The number of nitrogens with one attached hydrogen (secondary N) is 2. The minimum absolute atomic E-state index is 0.344. The first-order valence-electron chi connectivity index (χ1n) is 8.15. The van der Waals surface area contributed by atoms with Crippen LogP contribution in [0.4, 0.5) is 4.79 Å². The van der Waals surface area contributed by atoms with Gasteiger partial charge in [0.05, 0.1) is 0 Å². The van der Waals surface area contributed by atoms with E-state index in [1.54, 1.807) is 0 Å². The Bertz CT molecular complexity index is 426. The van der Waals surface area contributed by atoms with E-state index in [0.717, 1.165) is 25.8 Å². The predicted molar refractivity (Wildman–Crippen MR) is 91.1 cm³/mol. The number of ether oxygens (including phenoxy) is 1. The summed E-state index contributed by atoms with van der Waals surface area (Å²) in [5.74, 6) is 0. The Morgan fingerprint density at radius 2 is 1.86 bits per heavy atom. The van der Waals surface area contributed by atoms with Crippen molar-refractivity contribution < 1.29 is 9.53 Å². The maximum absolute atomic E-state index is 11.5. The van der Waals surface area contributed by atoms with Crippen molar-refractivity contribution in [3.05, 3.63) is 35.9 Å². The lowest BCUT2D eigenvalue weighted by molar-refractivity contribution is 0.0527. The van der Waals surface area contributed by atoms with Gasteiger partial charge in [-0.1, -0.05) is 37.3 Å².